The Morgan fingerprint density at radius 3 is 2.38 bits per heavy atom. The number of hydrogen-bond acceptors (Lipinski definition) is 2. The summed E-state index contributed by atoms with van der Waals surface area (Å²) in [4.78, 5) is 11.1. The maximum atomic E-state index is 11.1. The molecule has 1 atom stereocenters. The van der Waals surface area contributed by atoms with Gasteiger partial charge >= 0.3 is 5.97 Å². The molecular weight excluding hydrogens is 260 g/mol. The first kappa shape index (κ1) is 17.5. The van der Waals surface area contributed by atoms with E-state index in [2.05, 4.69) is 48.6 Å². The normalized spacial score (nSPS) is 11.9. The van der Waals surface area contributed by atoms with E-state index in [0.717, 1.165) is 12.8 Å². The lowest BCUT2D eigenvalue weighted by atomic mass is 9.95. The summed E-state index contributed by atoms with van der Waals surface area (Å²) in [6, 6.07) is 10.7. The molecule has 21 heavy (non-hydrogen) atoms. The Labute approximate surface area is 129 Å². The van der Waals surface area contributed by atoms with Crippen LogP contribution in [0, 0.1) is 0 Å². The van der Waals surface area contributed by atoms with Gasteiger partial charge in [-0.1, -0.05) is 75.9 Å². The van der Waals surface area contributed by atoms with Gasteiger partial charge < -0.3 is 4.74 Å². The highest BCUT2D eigenvalue weighted by atomic mass is 16.5. The lowest BCUT2D eigenvalue weighted by Crippen LogP contribution is -1.98. The predicted octanol–water partition coefficient (Wildman–Crippen LogP) is 5.60. The van der Waals surface area contributed by atoms with Crippen LogP contribution in [0.3, 0.4) is 0 Å². The summed E-state index contributed by atoms with van der Waals surface area (Å²) in [6.45, 7) is 5.68. The number of unbranched alkanes of at least 4 members (excludes halogenated alkanes) is 5. The van der Waals surface area contributed by atoms with Crippen LogP contribution in [0.2, 0.25) is 0 Å². The van der Waals surface area contributed by atoms with E-state index < -0.39 is 0 Å². The van der Waals surface area contributed by atoms with Gasteiger partial charge in [0.1, 0.15) is 0 Å². The van der Waals surface area contributed by atoms with Crippen LogP contribution >= 0.6 is 0 Å². The highest BCUT2D eigenvalue weighted by molar-refractivity contribution is 5.69. The van der Waals surface area contributed by atoms with Crippen LogP contribution in [0.15, 0.2) is 43.2 Å². The zero-order chi connectivity index (χ0) is 15.3. The van der Waals surface area contributed by atoms with E-state index in [1.54, 1.807) is 0 Å². The fourth-order valence-corrected chi connectivity index (χ4v) is 2.53. The van der Waals surface area contributed by atoms with Crippen LogP contribution in [-0.4, -0.2) is 5.97 Å². The first-order chi connectivity index (χ1) is 10.2. The number of carbonyl (C=O) groups is 1. The lowest BCUT2D eigenvalue weighted by Gasteiger charge is -2.11. The largest absolute Gasteiger partial charge is 0.435 e. The van der Waals surface area contributed by atoms with Crippen LogP contribution in [0.25, 0.3) is 0 Å². The second kappa shape index (κ2) is 11.1. The Balaban J connectivity index is 1.95. The van der Waals surface area contributed by atoms with Gasteiger partial charge in [-0.25, -0.2) is 0 Å². The summed E-state index contributed by atoms with van der Waals surface area (Å²) >= 11 is 0. The molecule has 0 radical (unpaired) electrons. The molecule has 0 saturated heterocycles. The molecule has 0 saturated carbocycles. The van der Waals surface area contributed by atoms with Gasteiger partial charge in [0.05, 0.1) is 6.26 Å². The minimum absolute atomic E-state index is 0.165. The molecule has 0 spiro atoms. The molecule has 1 aromatic carbocycles. The summed E-state index contributed by atoms with van der Waals surface area (Å²) in [6.07, 6.45) is 10.1. The van der Waals surface area contributed by atoms with Gasteiger partial charge in [-0.2, -0.15) is 0 Å². The quantitative estimate of drug-likeness (QED) is 0.301. The first-order valence-corrected chi connectivity index (χ1v) is 8.09. The molecule has 0 aliphatic rings. The monoisotopic (exact) mass is 288 g/mol. The number of benzene rings is 1. The van der Waals surface area contributed by atoms with Crippen molar-refractivity contribution in [3.05, 3.63) is 48.7 Å². The van der Waals surface area contributed by atoms with E-state index >= 15 is 0 Å². The summed E-state index contributed by atoms with van der Waals surface area (Å²) in [5, 5.41) is 0. The Morgan fingerprint density at radius 1 is 1.10 bits per heavy atom. The van der Waals surface area contributed by atoms with Crippen LogP contribution in [-0.2, 0) is 9.53 Å². The van der Waals surface area contributed by atoms with E-state index in [1.165, 1.54) is 43.9 Å². The SMILES string of the molecule is C=COC(=O)CCCCCCCCC(C)c1ccccc1. The Kier molecular flexibility index (Phi) is 9.26. The number of esters is 1. The summed E-state index contributed by atoms with van der Waals surface area (Å²) in [7, 11) is 0. The molecular formula is C19H28O2. The van der Waals surface area contributed by atoms with E-state index in [-0.39, 0.29) is 5.97 Å². The Bertz CT molecular complexity index is 397. The topological polar surface area (TPSA) is 26.3 Å². The number of ether oxygens (including phenoxy) is 1. The fraction of sp³-hybridized carbons (Fsp3) is 0.526. The molecule has 1 rings (SSSR count). The third-order valence-electron chi connectivity index (χ3n) is 3.85. The predicted molar refractivity (Wildman–Crippen MR) is 88.1 cm³/mol. The number of carbonyl (C=O) groups excluding carboxylic acids is 1. The molecule has 0 aromatic heterocycles. The van der Waals surface area contributed by atoms with E-state index in [1.807, 2.05) is 0 Å². The molecule has 0 bridgehead atoms. The average molecular weight is 288 g/mol. The van der Waals surface area contributed by atoms with Crippen molar-refractivity contribution < 1.29 is 9.53 Å². The van der Waals surface area contributed by atoms with Crippen molar-refractivity contribution in [1.29, 1.82) is 0 Å². The highest BCUT2D eigenvalue weighted by Gasteiger charge is 2.04. The van der Waals surface area contributed by atoms with Crippen LogP contribution in [0.5, 0.6) is 0 Å². The van der Waals surface area contributed by atoms with Crippen molar-refractivity contribution in [2.24, 2.45) is 0 Å². The molecule has 1 unspecified atom stereocenters. The van der Waals surface area contributed by atoms with Crippen molar-refractivity contribution in [2.45, 2.75) is 64.2 Å². The van der Waals surface area contributed by atoms with Gasteiger partial charge in [0, 0.05) is 6.42 Å². The van der Waals surface area contributed by atoms with Crippen molar-refractivity contribution >= 4 is 5.97 Å². The van der Waals surface area contributed by atoms with E-state index in [0.29, 0.717) is 12.3 Å². The maximum absolute atomic E-state index is 11.1. The molecule has 0 aliphatic carbocycles. The fourth-order valence-electron chi connectivity index (χ4n) is 2.53. The van der Waals surface area contributed by atoms with Gasteiger partial charge in [0.25, 0.3) is 0 Å². The number of hydrogen-bond donors (Lipinski definition) is 0. The van der Waals surface area contributed by atoms with Gasteiger partial charge in [-0.15, -0.1) is 0 Å². The van der Waals surface area contributed by atoms with Crippen LogP contribution in [0.1, 0.15) is 69.8 Å². The molecule has 0 heterocycles. The second-order valence-electron chi connectivity index (χ2n) is 5.63. The molecule has 2 nitrogen and oxygen atoms in total. The number of rotatable bonds is 11. The van der Waals surface area contributed by atoms with Gasteiger partial charge in [0.15, 0.2) is 0 Å². The van der Waals surface area contributed by atoms with E-state index in [4.69, 9.17) is 0 Å². The van der Waals surface area contributed by atoms with Gasteiger partial charge in [-0.3, -0.25) is 4.79 Å². The molecule has 0 aliphatic heterocycles. The first-order valence-electron chi connectivity index (χ1n) is 8.09. The van der Waals surface area contributed by atoms with Gasteiger partial charge in [-0.05, 0) is 24.3 Å². The second-order valence-corrected chi connectivity index (χ2v) is 5.63. The third kappa shape index (κ3) is 8.34. The molecule has 0 N–H and O–H groups in total. The minimum atomic E-state index is -0.165. The Morgan fingerprint density at radius 2 is 1.71 bits per heavy atom. The zero-order valence-corrected chi connectivity index (χ0v) is 13.2. The highest BCUT2D eigenvalue weighted by Crippen LogP contribution is 2.21. The lowest BCUT2D eigenvalue weighted by molar-refractivity contribution is -0.138. The average Bonchev–Trinajstić information content (AvgIpc) is 2.51. The van der Waals surface area contributed by atoms with Gasteiger partial charge in [0.2, 0.25) is 0 Å². The molecule has 2 heteroatoms. The van der Waals surface area contributed by atoms with Crippen molar-refractivity contribution in [3.8, 4) is 0 Å². The van der Waals surface area contributed by atoms with Crippen molar-refractivity contribution in [1.82, 2.24) is 0 Å². The molecule has 116 valence electrons. The van der Waals surface area contributed by atoms with Crippen molar-refractivity contribution in [3.63, 3.8) is 0 Å². The Hall–Kier alpha value is -1.57. The summed E-state index contributed by atoms with van der Waals surface area (Å²) in [5.74, 6) is 0.488. The van der Waals surface area contributed by atoms with Crippen molar-refractivity contribution in [2.75, 3.05) is 0 Å². The zero-order valence-electron chi connectivity index (χ0n) is 13.2. The standard InChI is InChI=1S/C19H28O2/c1-3-21-19(20)16-12-7-5-4-6-9-13-17(2)18-14-10-8-11-15-18/h3,8,10-11,14-15,17H,1,4-7,9,12-13,16H2,2H3. The van der Waals surface area contributed by atoms with Crippen LogP contribution < -0.4 is 0 Å². The maximum Gasteiger partial charge on any atom is 0.310 e. The molecule has 0 fully saturated rings. The third-order valence-corrected chi connectivity index (χ3v) is 3.85. The van der Waals surface area contributed by atoms with Crippen LogP contribution in [0.4, 0.5) is 0 Å². The van der Waals surface area contributed by atoms with E-state index in [9.17, 15) is 4.79 Å². The minimum Gasteiger partial charge on any atom is -0.435 e. The summed E-state index contributed by atoms with van der Waals surface area (Å²) < 4.78 is 4.68. The molecule has 0 amide bonds. The summed E-state index contributed by atoms with van der Waals surface area (Å²) in [5.41, 5.74) is 1.44. The smallest absolute Gasteiger partial charge is 0.310 e. The molecule has 1 aromatic rings.